The van der Waals surface area contributed by atoms with Crippen LogP contribution in [0.25, 0.3) is 5.69 Å². The molecule has 2 aliphatic heterocycles. The first-order chi connectivity index (χ1) is 15.3. The van der Waals surface area contributed by atoms with E-state index in [1.807, 2.05) is 31.2 Å². The summed E-state index contributed by atoms with van der Waals surface area (Å²) in [5.41, 5.74) is 7.62. The number of nitrogens with two attached hydrogens (primary N) is 1. The number of anilines is 2. The SMILES string of the molecule is COc1ccc(-n2ncc3c2NC(=O)C[C@@]32C(=O)N(CC(N)=O)c3ccc(C)cc32)cc1. The zero-order chi connectivity index (χ0) is 22.6. The largest absolute Gasteiger partial charge is 0.497 e. The second-order valence-electron chi connectivity index (χ2n) is 8.03. The Morgan fingerprint density at radius 2 is 1.94 bits per heavy atom. The van der Waals surface area contributed by atoms with Crippen LogP contribution in [-0.4, -0.2) is 41.2 Å². The molecule has 0 unspecified atom stereocenters. The summed E-state index contributed by atoms with van der Waals surface area (Å²) in [7, 11) is 1.58. The molecule has 162 valence electrons. The molecule has 1 atom stereocenters. The number of fused-ring (bicyclic) bond motifs is 4. The van der Waals surface area contributed by atoms with Crippen molar-refractivity contribution in [3.05, 3.63) is 65.4 Å². The van der Waals surface area contributed by atoms with Gasteiger partial charge in [-0.25, -0.2) is 4.68 Å². The first-order valence-electron chi connectivity index (χ1n) is 10.1. The molecule has 9 heteroatoms. The number of ether oxygens (including phenoxy) is 1. The van der Waals surface area contributed by atoms with Crippen molar-refractivity contribution in [1.29, 1.82) is 0 Å². The third-order valence-corrected chi connectivity index (χ3v) is 6.06. The average molecular weight is 431 g/mol. The van der Waals surface area contributed by atoms with Crippen LogP contribution in [0.3, 0.4) is 0 Å². The van der Waals surface area contributed by atoms with Crippen molar-refractivity contribution in [2.45, 2.75) is 18.8 Å². The van der Waals surface area contributed by atoms with Gasteiger partial charge in [-0.1, -0.05) is 17.7 Å². The van der Waals surface area contributed by atoms with Crippen molar-refractivity contribution in [1.82, 2.24) is 9.78 Å². The highest BCUT2D eigenvalue weighted by Crippen LogP contribution is 2.52. The van der Waals surface area contributed by atoms with Gasteiger partial charge < -0.3 is 20.7 Å². The van der Waals surface area contributed by atoms with E-state index in [0.717, 1.165) is 5.56 Å². The van der Waals surface area contributed by atoms with Gasteiger partial charge in [-0.15, -0.1) is 0 Å². The third kappa shape index (κ3) is 2.71. The first kappa shape index (κ1) is 19.8. The highest BCUT2D eigenvalue weighted by Gasteiger charge is 2.57. The molecule has 2 aromatic carbocycles. The van der Waals surface area contributed by atoms with Crippen LogP contribution in [0.5, 0.6) is 5.75 Å². The van der Waals surface area contributed by atoms with Gasteiger partial charge in [-0.3, -0.25) is 14.4 Å². The van der Waals surface area contributed by atoms with Gasteiger partial charge in [-0.2, -0.15) is 5.10 Å². The Hall–Kier alpha value is -4.14. The van der Waals surface area contributed by atoms with Gasteiger partial charge in [0.1, 0.15) is 23.5 Å². The lowest BCUT2D eigenvalue weighted by Crippen LogP contribution is -2.48. The van der Waals surface area contributed by atoms with E-state index in [-0.39, 0.29) is 24.8 Å². The molecule has 1 aromatic heterocycles. The lowest BCUT2D eigenvalue weighted by Gasteiger charge is -2.32. The number of aryl methyl sites for hydroxylation is 1. The minimum absolute atomic E-state index is 0.0845. The summed E-state index contributed by atoms with van der Waals surface area (Å²) >= 11 is 0. The predicted molar refractivity (Wildman–Crippen MR) is 117 cm³/mol. The minimum Gasteiger partial charge on any atom is -0.497 e. The number of aromatic nitrogens is 2. The van der Waals surface area contributed by atoms with Crippen molar-refractivity contribution < 1.29 is 19.1 Å². The number of nitrogens with zero attached hydrogens (tertiary/aromatic N) is 3. The number of rotatable bonds is 4. The van der Waals surface area contributed by atoms with Crippen molar-refractivity contribution in [2.24, 2.45) is 5.73 Å². The Kier molecular flexibility index (Phi) is 4.30. The summed E-state index contributed by atoms with van der Waals surface area (Å²) in [6, 6.07) is 12.8. The van der Waals surface area contributed by atoms with Crippen LogP contribution in [0.4, 0.5) is 11.5 Å². The maximum absolute atomic E-state index is 13.8. The smallest absolute Gasteiger partial charge is 0.243 e. The Labute approximate surface area is 183 Å². The van der Waals surface area contributed by atoms with Crippen molar-refractivity contribution in [3.8, 4) is 11.4 Å². The summed E-state index contributed by atoms with van der Waals surface area (Å²) in [6.07, 6.45) is 1.52. The topological polar surface area (TPSA) is 120 Å². The molecule has 3 amide bonds. The summed E-state index contributed by atoms with van der Waals surface area (Å²) in [5.74, 6) is -0.186. The summed E-state index contributed by atoms with van der Waals surface area (Å²) < 4.78 is 6.80. The van der Waals surface area contributed by atoms with Crippen molar-refractivity contribution in [3.63, 3.8) is 0 Å². The number of benzene rings is 2. The molecule has 0 saturated heterocycles. The second kappa shape index (κ2) is 6.94. The molecular weight excluding hydrogens is 410 g/mol. The van der Waals surface area contributed by atoms with Crippen molar-refractivity contribution >= 4 is 29.2 Å². The Morgan fingerprint density at radius 1 is 1.19 bits per heavy atom. The van der Waals surface area contributed by atoms with Gasteiger partial charge in [0.15, 0.2) is 0 Å². The van der Waals surface area contributed by atoms with Crippen LogP contribution < -0.4 is 20.7 Å². The molecule has 2 aliphatic rings. The molecule has 3 N–H and O–H groups in total. The fourth-order valence-electron chi connectivity index (χ4n) is 4.64. The monoisotopic (exact) mass is 431 g/mol. The number of hydrogen-bond donors (Lipinski definition) is 2. The molecule has 1 spiro atoms. The predicted octanol–water partition coefficient (Wildman–Crippen LogP) is 1.65. The highest BCUT2D eigenvalue weighted by molar-refractivity contribution is 6.17. The number of carbonyl (C=O) groups is 3. The number of primary amides is 1. The molecule has 0 fully saturated rings. The normalized spacial score (nSPS) is 19.0. The molecule has 5 rings (SSSR count). The van der Waals surface area contributed by atoms with Crippen LogP contribution >= 0.6 is 0 Å². The lowest BCUT2D eigenvalue weighted by atomic mass is 9.71. The van der Waals surface area contributed by atoms with Crippen LogP contribution in [-0.2, 0) is 19.8 Å². The number of amides is 3. The van der Waals surface area contributed by atoms with E-state index >= 15 is 0 Å². The van der Waals surface area contributed by atoms with E-state index < -0.39 is 11.3 Å². The number of hydrogen-bond acceptors (Lipinski definition) is 5. The Bertz CT molecular complexity index is 1280. The second-order valence-corrected chi connectivity index (χ2v) is 8.03. The molecule has 0 bridgehead atoms. The van der Waals surface area contributed by atoms with Gasteiger partial charge in [0.05, 0.1) is 19.0 Å². The molecule has 3 aromatic rings. The van der Waals surface area contributed by atoms with E-state index in [2.05, 4.69) is 10.4 Å². The molecule has 3 heterocycles. The van der Waals surface area contributed by atoms with Crippen LogP contribution in [0, 0.1) is 6.92 Å². The summed E-state index contributed by atoms with van der Waals surface area (Å²) in [5, 5.41) is 7.37. The fourth-order valence-corrected chi connectivity index (χ4v) is 4.64. The molecular formula is C23H21N5O4. The van der Waals surface area contributed by atoms with E-state index in [9.17, 15) is 14.4 Å². The number of methoxy groups -OCH3 is 1. The molecule has 9 nitrogen and oxygen atoms in total. The first-order valence-corrected chi connectivity index (χ1v) is 10.1. The number of carbonyl (C=O) groups excluding carboxylic acids is 3. The Balaban J connectivity index is 1.72. The van der Waals surface area contributed by atoms with Crippen molar-refractivity contribution in [2.75, 3.05) is 23.9 Å². The maximum Gasteiger partial charge on any atom is 0.243 e. The van der Waals surface area contributed by atoms with Crippen LogP contribution in [0.1, 0.15) is 23.1 Å². The van der Waals surface area contributed by atoms with Crippen LogP contribution in [0.2, 0.25) is 0 Å². The average Bonchev–Trinajstić information content (AvgIpc) is 3.28. The molecule has 0 radical (unpaired) electrons. The highest BCUT2D eigenvalue weighted by atomic mass is 16.5. The van der Waals surface area contributed by atoms with E-state index in [1.54, 1.807) is 36.2 Å². The lowest BCUT2D eigenvalue weighted by molar-refractivity contribution is -0.127. The van der Waals surface area contributed by atoms with Gasteiger partial charge in [0.25, 0.3) is 0 Å². The molecule has 32 heavy (non-hydrogen) atoms. The standard InChI is InChI=1S/C23H21N5O4/c1-13-3-8-18-16(9-13)23(22(31)27(18)12-19(24)29)10-20(30)26-21-17(23)11-25-28(21)14-4-6-15(32-2)7-5-14/h3-9,11H,10,12H2,1-2H3,(H2,24,29)(H,26,30)/t23-/m0/s1. The maximum atomic E-state index is 13.8. The molecule has 0 saturated carbocycles. The summed E-state index contributed by atoms with van der Waals surface area (Å²) in [4.78, 5) is 39.8. The number of nitrogens with one attached hydrogen (secondary N) is 1. The van der Waals surface area contributed by atoms with Gasteiger partial charge >= 0.3 is 0 Å². The van der Waals surface area contributed by atoms with E-state index in [0.29, 0.717) is 34.1 Å². The minimum atomic E-state index is -1.28. The van der Waals surface area contributed by atoms with Gasteiger partial charge in [0, 0.05) is 17.7 Å². The zero-order valence-corrected chi connectivity index (χ0v) is 17.6. The Morgan fingerprint density at radius 3 is 2.62 bits per heavy atom. The molecule has 0 aliphatic carbocycles. The van der Waals surface area contributed by atoms with Gasteiger partial charge in [-0.05, 0) is 42.8 Å². The van der Waals surface area contributed by atoms with Crippen LogP contribution in [0.15, 0.2) is 48.7 Å². The quantitative estimate of drug-likeness (QED) is 0.651. The fraction of sp³-hybridized carbons (Fsp3) is 0.217. The van der Waals surface area contributed by atoms with E-state index in [4.69, 9.17) is 10.5 Å². The zero-order valence-electron chi connectivity index (χ0n) is 17.6. The van der Waals surface area contributed by atoms with Gasteiger partial charge in [0.2, 0.25) is 17.7 Å². The third-order valence-electron chi connectivity index (χ3n) is 6.06. The van der Waals surface area contributed by atoms with E-state index in [1.165, 1.54) is 4.90 Å². The summed E-state index contributed by atoms with van der Waals surface area (Å²) in [6.45, 7) is 1.65.